The zero-order chi connectivity index (χ0) is 20.9. The number of aromatic nitrogens is 2. The van der Waals surface area contributed by atoms with Gasteiger partial charge in [0.1, 0.15) is 5.52 Å². The third-order valence-electron chi connectivity index (χ3n) is 4.28. The van der Waals surface area contributed by atoms with Gasteiger partial charge >= 0.3 is 0 Å². The van der Waals surface area contributed by atoms with Crippen LogP contribution in [0.1, 0.15) is 41.5 Å². The van der Waals surface area contributed by atoms with Crippen LogP contribution in [0, 0.1) is 0 Å². The molecule has 0 aliphatic carbocycles. The van der Waals surface area contributed by atoms with Gasteiger partial charge in [0.05, 0.1) is 18.1 Å². The molecule has 2 aromatic carbocycles. The van der Waals surface area contributed by atoms with Crippen LogP contribution in [-0.2, 0) is 0 Å². The Labute approximate surface area is 147 Å². The van der Waals surface area contributed by atoms with Crippen LogP contribution in [0.3, 0.4) is 0 Å². The Morgan fingerprint density at radius 2 is 2.17 bits per heavy atom. The van der Waals surface area contributed by atoms with Crippen LogP contribution in [-0.4, -0.2) is 28.8 Å². The molecule has 0 spiro atoms. The van der Waals surface area contributed by atoms with Gasteiger partial charge in [-0.25, -0.2) is 4.68 Å². The van der Waals surface area contributed by atoms with Crippen molar-refractivity contribution in [1.82, 2.24) is 15.1 Å². The summed E-state index contributed by atoms with van der Waals surface area (Å²) in [7, 11) is 0. The molecule has 1 saturated heterocycles. The maximum atomic E-state index is 11.7. The molecule has 1 aliphatic heterocycles. The van der Waals surface area contributed by atoms with E-state index in [0.717, 1.165) is 24.1 Å². The van der Waals surface area contributed by atoms with E-state index in [9.17, 15) is 4.79 Å². The monoisotopic (exact) mass is 325 g/mol. The molecule has 5 heteroatoms. The fraction of sp³-hybridized carbons (Fsp3) is 0.263. The first-order chi connectivity index (χ1) is 13.8. The lowest BCUT2D eigenvalue weighted by atomic mass is 9.92. The number of benzene rings is 2. The molecule has 4 rings (SSSR count). The Morgan fingerprint density at radius 3 is 2.88 bits per heavy atom. The predicted molar refractivity (Wildman–Crippen MR) is 94.4 cm³/mol. The number of hydrogen-bond acceptors (Lipinski definition) is 3. The smallest absolute Gasteiger partial charge is 0.250 e. The van der Waals surface area contributed by atoms with Gasteiger partial charge in [-0.05, 0) is 49.0 Å². The van der Waals surface area contributed by atoms with Gasteiger partial charge in [-0.3, -0.25) is 4.79 Å². The summed E-state index contributed by atoms with van der Waals surface area (Å²) in [5.41, 5.74) is 6.01. The van der Waals surface area contributed by atoms with Gasteiger partial charge in [0.25, 0.3) is 5.91 Å². The highest BCUT2D eigenvalue weighted by molar-refractivity contribution is 6.04. The maximum absolute atomic E-state index is 11.7. The zero-order valence-electron chi connectivity index (χ0n) is 18.0. The molecule has 122 valence electrons. The van der Waals surface area contributed by atoms with Crippen LogP contribution in [0.25, 0.3) is 16.6 Å². The standard InChI is InChI=1S/C19H20N4O/c20-19(24)17-5-1-3-15-12-23(22-18(15)17)16-8-6-13(7-9-16)14-4-2-10-21-11-14/h1,3,5-9,12,14,21H,2,4,10-11H2,(H2,20,24)/i6D,7D,8D,9D,12D. The molecule has 1 aliphatic rings. The van der Waals surface area contributed by atoms with E-state index in [2.05, 4.69) is 10.4 Å². The molecule has 1 fully saturated rings. The lowest BCUT2D eigenvalue weighted by molar-refractivity contribution is 0.100. The zero-order valence-corrected chi connectivity index (χ0v) is 13.0. The number of hydrogen-bond donors (Lipinski definition) is 2. The summed E-state index contributed by atoms with van der Waals surface area (Å²) in [5, 5.41) is 7.84. The van der Waals surface area contributed by atoms with Crippen LogP contribution >= 0.6 is 0 Å². The minimum absolute atomic E-state index is 0.0976. The minimum atomic E-state index is -0.694. The number of fused-ring (bicyclic) bond motifs is 1. The number of piperidine rings is 1. The topological polar surface area (TPSA) is 72.9 Å². The van der Waals surface area contributed by atoms with Crippen molar-refractivity contribution in [2.45, 2.75) is 18.8 Å². The van der Waals surface area contributed by atoms with E-state index in [1.165, 1.54) is 6.07 Å². The Morgan fingerprint density at radius 1 is 1.33 bits per heavy atom. The number of nitrogens with zero attached hydrogens (tertiary/aromatic N) is 2. The van der Waals surface area contributed by atoms with E-state index in [-0.39, 0.29) is 53.0 Å². The van der Waals surface area contributed by atoms with Gasteiger partial charge in [0.15, 0.2) is 0 Å². The molecule has 3 N–H and O–H groups in total. The molecule has 1 atom stereocenters. The van der Waals surface area contributed by atoms with Crippen LogP contribution in [0.4, 0.5) is 0 Å². The summed E-state index contributed by atoms with van der Waals surface area (Å²) < 4.78 is 43.4. The Bertz CT molecular complexity index is 1110. The highest BCUT2D eigenvalue weighted by Gasteiger charge is 2.15. The van der Waals surface area contributed by atoms with E-state index >= 15 is 0 Å². The molecule has 1 aromatic heterocycles. The number of primary amides is 1. The third-order valence-corrected chi connectivity index (χ3v) is 4.28. The van der Waals surface area contributed by atoms with Crippen LogP contribution in [0.5, 0.6) is 0 Å². The molecule has 5 nitrogen and oxygen atoms in total. The second-order valence-corrected chi connectivity index (χ2v) is 5.90. The Hall–Kier alpha value is -2.66. The lowest BCUT2D eigenvalue weighted by Gasteiger charge is -2.23. The maximum Gasteiger partial charge on any atom is 0.250 e. The Kier molecular flexibility index (Phi) is 2.60. The van der Waals surface area contributed by atoms with Gasteiger partial charge in [-0.2, -0.15) is 5.10 Å². The first kappa shape index (κ1) is 10.3. The average Bonchev–Trinajstić information content (AvgIpc) is 3.04. The first-order valence-corrected chi connectivity index (χ1v) is 7.92. The molecule has 0 bridgehead atoms. The number of carbonyl (C=O) groups excluding carboxylic acids is 1. The van der Waals surface area contributed by atoms with E-state index in [1.807, 2.05) is 0 Å². The number of nitrogens with two attached hydrogens (primary N) is 1. The molecule has 0 radical (unpaired) electrons. The van der Waals surface area contributed by atoms with Crippen molar-refractivity contribution in [2.75, 3.05) is 13.1 Å². The predicted octanol–water partition coefficient (Wildman–Crippen LogP) is 2.59. The summed E-state index contributed by atoms with van der Waals surface area (Å²) in [6.07, 6.45) is 1.57. The first-order valence-electron chi connectivity index (χ1n) is 10.4. The van der Waals surface area contributed by atoms with Crippen LogP contribution in [0.2, 0.25) is 0 Å². The minimum Gasteiger partial charge on any atom is -0.366 e. The summed E-state index contributed by atoms with van der Waals surface area (Å²) in [6, 6.07) is 3.93. The van der Waals surface area contributed by atoms with E-state index < -0.39 is 5.91 Å². The van der Waals surface area contributed by atoms with Gasteiger partial charge in [0.2, 0.25) is 0 Å². The second-order valence-electron chi connectivity index (χ2n) is 5.90. The number of amides is 1. The van der Waals surface area contributed by atoms with Crippen molar-refractivity contribution in [3.8, 4) is 5.69 Å². The van der Waals surface area contributed by atoms with E-state index in [4.69, 9.17) is 12.6 Å². The van der Waals surface area contributed by atoms with Gasteiger partial charge in [-0.1, -0.05) is 24.2 Å². The van der Waals surface area contributed by atoms with Crippen molar-refractivity contribution >= 4 is 16.8 Å². The van der Waals surface area contributed by atoms with Crippen LogP contribution < -0.4 is 11.1 Å². The molecule has 2 heterocycles. The highest BCUT2D eigenvalue weighted by Crippen LogP contribution is 2.25. The molecule has 1 amide bonds. The molecular formula is C19H20N4O. The normalized spacial score (nSPS) is 20.8. The quantitative estimate of drug-likeness (QED) is 0.777. The van der Waals surface area contributed by atoms with Crippen LogP contribution in [0.15, 0.2) is 48.5 Å². The van der Waals surface area contributed by atoms with Crippen molar-refractivity contribution < 1.29 is 11.6 Å². The Balaban J connectivity index is 1.96. The molecule has 24 heavy (non-hydrogen) atoms. The van der Waals surface area contributed by atoms with Gasteiger partial charge in [-0.15, -0.1) is 0 Å². The average molecular weight is 325 g/mol. The van der Waals surface area contributed by atoms with E-state index in [0.29, 0.717) is 17.5 Å². The molecule has 3 aromatic rings. The fourth-order valence-corrected chi connectivity index (χ4v) is 3.01. The number of nitrogens with one attached hydrogen (secondary N) is 1. The largest absolute Gasteiger partial charge is 0.366 e. The van der Waals surface area contributed by atoms with E-state index in [1.54, 1.807) is 12.1 Å². The van der Waals surface area contributed by atoms with Crippen molar-refractivity contribution in [3.63, 3.8) is 0 Å². The van der Waals surface area contributed by atoms with Gasteiger partial charge < -0.3 is 11.1 Å². The van der Waals surface area contributed by atoms with Gasteiger partial charge in [0, 0.05) is 18.1 Å². The fourth-order valence-electron chi connectivity index (χ4n) is 3.01. The second kappa shape index (κ2) is 6.09. The highest BCUT2D eigenvalue weighted by atomic mass is 16.1. The molecular weight excluding hydrogens is 300 g/mol. The summed E-state index contributed by atoms with van der Waals surface area (Å²) in [6.45, 7) is 1.48. The third kappa shape index (κ3) is 2.67. The van der Waals surface area contributed by atoms with Crippen molar-refractivity contribution in [3.05, 3.63) is 59.7 Å². The van der Waals surface area contributed by atoms with Crippen molar-refractivity contribution in [2.24, 2.45) is 5.73 Å². The molecule has 0 saturated carbocycles. The summed E-state index contributed by atoms with van der Waals surface area (Å²) in [5.74, 6) is -0.792. The summed E-state index contributed by atoms with van der Waals surface area (Å²) >= 11 is 0. The SMILES string of the molecule is [2H]c1c([2H])c(-n2nc3c(C(N)=O)cccc3c2[2H])c([2H])c([2H])c1C1CCCNC1. The lowest BCUT2D eigenvalue weighted by Crippen LogP contribution is -2.28. The number of rotatable bonds is 3. The van der Waals surface area contributed by atoms with Crippen molar-refractivity contribution in [1.29, 1.82) is 0 Å². The number of carbonyl (C=O) groups is 1. The summed E-state index contributed by atoms with van der Waals surface area (Å²) in [4.78, 5) is 11.7. The molecule has 1 unspecified atom stereocenters.